The Hall–Kier alpha value is -1.35. The minimum absolute atomic E-state index is 0.703. The molecular weight excluding hydrogens is 184 g/mol. The summed E-state index contributed by atoms with van der Waals surface area (Å²) in [5.41, 5.74) is 0.703. The molecule has 0 spiro atoms. The van der Waals surface area contributed by atoms with Crippen LogP contribution >= 0.6 is 11.3 Å². The van der Waals surface area contributed by atoms with Crippen LogP contribution in [-0.2, 0) is 0 Å². The second-order valence-electron chi connectivity index (χ2n) is 2.77. The van der Waals surface area contributed by atoms with Gasteiger partial charge in [-0.25, -0.2) is 0 Å². The molecule has 0 aliphatic rings. The molecule has 0 fully saturated rings. The van der Waals surface area contributed by atoms with E-state index < -0.39 is 0 Å². The summed E-state index contributed by atoms with van der Waals surface area (Å²) in [7, 11) is 0. The van der Waals surface area contributed by atoms with Crippen molar-refractivity contribution in [3.63, 3.8) is 0 Å². The molecule has 0 aliphatic carbocycles. The fourth-order valence-corrected chi connectivity index (χ4v) is 1.93. The van der Waals surface area contributed by atoms with E-state index in [2.05, 4.69) is 0 Å². The van der Waals surface area contributed by atoms with Crippen molar-refractivity contribution in [3.8, 4) is 10.6 Å². The predicted molar refractivity (Wildman–Crippen MR) is 52.1 cm³/mol. The number of hydrogen-bond acceptors (Lipinski definition) is 3. The van der Waals surface area contributed by atoms with Gasteiger partial charge in [0.05, 0.1) is 4.88 Å². The number of rotatable bonds is 2. The van der Waals surface area contributed by atoms with Crippen molar-refractivity contribution in [1.29, 1.82) is 0 Å². The number of hydrogen-bond donors (Lipinski definition) is 0. The second-order valence-corrected chi connectivity index (χ2v) is 3.68. The van der Waals surface area contributed by atoms with Crippen LogP contribution in [0.4, 0.5) is 0 Å². The number of aryl methyl sites for hydroxylation is 1. The molecule has 2 nitrogen and oxygen atoms in total. The molecule has 0 aromatic carbocycles. The summed E-state index contributed by atoms with van der Waals surface area (Å²) < 4.78 is 5.42. The Morgan fingerprint density at radius 3 is 2.85 bits per heavy atom. The molecule has 0 aliphatic heterocycles. The third kappa shape index (κ3) is 1.55. The number of furan rings is 1. The van der Waals surface area contributed by atoms with Crippen molar-refractivity contribution >= 4 is 17.6 Å². The summed E-state index contributed by atoms with van der Waals surface area (Å²) in [6.45, 7) is 1.90. The highest BCUT2D eigenvalue weighted by Crippen LogP contribution is 2.27. The molecule has 0 amide bonds. The highest BCUT2D eigenvalue weighted by molar-refractivity contribution is 7.13. The molecule has 3 heteroatoms. The van der Waals surface area contributed by atoms with Crippen molar-refractivity contribution in [1.82, 2.24) is 0 Å². The summed E-state index contributed by atoms with van der Waals surface area (Å²) in [4.78, 5) is 11.4. The quantitative estimate of drug-likeness (QED) is 0.684. The van der Waals surface area contributed by atoms with Gasteiger partial charge in [0.1, 0.15) is 11.5 Å². The Morgan fingerprint density at radius 1 is 1.46 bits per heavy atom. The van der Waals surface area contributed by atoms with Gasteiger partial charge in [-0.1, -0.05) is 0 Å². The normalized spacial score (nSPS) is 10.2. The minimum Gasteiger partial charge on any atom is -0.461 e. The molecule has 2 aromatic rings. The van der Waals surface area contributed by atoms with Gasteiger partial charge in [-0.3, -0.25) is 4.79 Å². The van der Waals surface area contributed by atoms with E-state index in [1.54, 1.807) is 0 Å². The third-order valence-electron chi connectivity index (χ3n) is 1.74. The molecule has 13 heavy (non-hydrogen) atoms. The molecular formula is C10H8O2S. The first-order chi connectivity index (χ1) is 6.29. The number of carbonyl (C=O) groups excluding carboxylic acids is 1. The maximum Gasteiger partial charge on any atom is 0.150 e. The van der Waals surface area contributed by atoms with Crippen LogP contribution in [0.3, 0.4) is 0 Å². The average molecular weight is 192 g/mol. The summed E-state index contributed by atoms with van der Waals surface area (Å²) in [6, 6.07) is 5.65. The molecule has 0 saturated heterocycles. The predicted octanol–water partition coefficient (Wildman–Crippen LogP) is 3.13. The largest absolute Gasteiger partial charge is 0.461 e. The van der Waals surface area contributed by atoms with Crippen molar-refractivity contribution in [2.24, 2.45) is 0 Å². The lowest BCUT2D eigenvalue weighted by atomic mass is 10.3. The molecule has 2 rings (SSSR count). The number of thiophene rings is 1. The van der Waals surface area contributed by atoms with E-state index in [0.29, 0.717) is 5.56 Å². The van der Waals surface area contributed by atoms with Crippen LogP contribution in [0.1, 0.15) is 16.1 Å². The molecule has 0 unspecified atom stereocenters. The standard InChI is InChI=1S/C10H8O2S/c1-7-2-3-9(12-7)10-4-8(5-11)6-13-10/h2-6H,1H3. The number of aldehydes is 1. The van der Waals surface area contributed by atoms with Crippen LogP contribution < -0.4 is 0 Å². The summed E-state index contributed by atoms with van der Waals surface area (Å²) in [5.74, 6) is 1.71. The van der Waals surface area contributed by atoms with Gasteiger partial charge in [-0.15, -0.1) is 11.3 Å². The lowest BCUT2D eigenvalue weighted by Gasteiger charge is -1.87. The molecule has 0 radical (unpaired) electrons. The van der Waals surface area contributed by atoms with Gasteiger partial charge in [0.15, 0.2) is 6.29 Å². The van der Waals surface area contributed by atoms with Crippen LogP contribution in [-0.4, -0.2) is 6.29 Å². The third-order valence-corrected chi connectivity index (χ3v) is 2.70. The first-order valence-electron chi connectivity index (χ1n) is 3.90. The Labute approximate surface area is 79.8 Å². The van der Waals surface area contributed by atoms with Gasteiger partial charge in [0.25, 0.3) is 0 Å². The van der Waals surface area contributed by atoms with Crippen molar-refractivity contribution in [2.75, 3.05) is 0 Å². The van der Waals surface area contributed by atoms with Gasteiger partial charge in [-0.2, -0.15) is 0 Å². The monoisotopic (exact) mass is 192 g/mol. The van der Waals surface area contributed by atoms with Gasteiger partial charge < -0.3 is 4.42 Å². The van der Waals surface area contributed by atoms with E-state index in [4.69, 9.17) is 4.42 Å². The molecule has 0 bridgehead atoms. The SMILES string of the molecule is Cc1ccc(-c2cc(C=O)cs2)o1. The van der Waals surface area contributed by atoms with Crippen LogP contribution in [0.2, 0.25) is 0 Å². The first kappa shape index (κ1) is 8.26. The van der Waals surface area contributed by atoms with Crippen LogP contribution in [0.25, 0.3) is 10.6 Å². The van der Waals surface area contributed by atoms with E-state index in [-0.39, 0.29) is 0 Å². The first-order valence-corrected chi connectivity index (χ1v) is 4.78. The summed E-state index contributed by atoms with van der Waals surface area (Å²) in [6.07, 6.45) is 0.843. The van der Waals surface area contributed by atoms with E-state index in [1.165, 1.54) is 11.3 Å². The minimum atomic E-state index is 0.703. The second kappa shape index (κ2) is 3.18. The molecule has 0 N–H and O–H groups in total. The van der Waals surface area contributed by atoms with E-state index in [1.807, 2.05) is 30.5 Å². The van der Waals surface area contributed by atoms with Crippen molar-refractivity contribution < 1.29 is 9.21 Å². The highest BCUT2D eigenvalue weighted by Gasteiger charge is 2.05. The smallest absolute Gasteiger partial charge is 0.150 e. The molecule has 66 valence electrons. The summed E-state index contributed by atoms with van der Waals surface area (Å²) >= 11 is 1.52. The molecule has 2 aromatic heterocycles. The Balaban J connectivity index is 2.40. The maximum atomic E-state index is 10.4. The fraction of sp³-hybridized carbons (Fsp3) is 0.100. The lowest BCUT2D eigenvalue weighted by Crippen LogP contribution is -1.68. The zero-order valence-electron chi connectivity index (χ0n) is 7.11. The van der Waals surface area contributed by atoms with E-state index in [0.717, 1.165) is 22.7 Å². The molecule has 2 heterocycles. The maximum absolute atomic E-state index is 10.4. The Kier molecular flexibility index (Phi) is 2.02. The van der Waals surface area contributed by atoms with E-state index in [9.17, 15) is 4.79 Å². The lowest BCUT2D eigenvalue weighted by molar-refractivity contribution is 0.112. The Morgan fingerprint density at radius 2 is 2.31 bits per heavy atom. The Bertz CT molecular complexity index is 426. The molecule has 0 atom stereocenters. The zero-order chi connectivity index (χ0) is 9.26. The van der Waals surface area contributed by atoms with Gasteiger partial charge in [0.2, 0.25) is 0 Å². The van der Waals surface area contributed by atoms with Gasteiger partial charge >= 0.3 is 0 Å². The van der Waals surface area contributed by atoms with E-state index >= 15 is 0 Å². The van der Waals surface area contributed by atoms with Crippen LogP contribution in [0, 0.1) is 6.92 Å². The fourth-order valence-electron chi connectivity index (χ4n) is 1.11. The average Bonchev–Trinajstić information content (AvgIpc) is 2.71. The van der Waals surface area contributed by atoms with Crippen molar-refractivity contribution in [3.05, 3.63) is 34.9 Å². The molecule has 0 saturated carbocycles. The van der Waals surface area contributed by atoms with Crippen LogP contribution in [0.5, 0.6) is 0 Å². The summed E-state index contributed by atoms with van der Waals surface area (Å²) in [5, 5.41) is 1.82. The highest BCUT2D eigenvalue weighted by atomic mass is 32.1. The topological polar surface area (TPSA) is 30.2 Å². The van der Waals surface area contributed by atoms with Gasteiger partial charge in [0, 0.05) is 10.9 Å². The number of carbonyl (C=O) groups is 1. The van der Waals surface area contributed by atoms with Gasteiger partial charge in [-0.05, 0) is 25.1 Å². The van der Waals surface area contributed by atoms with Crippen molar-refractivity contribution in [2.45, 2.75) is 6.92 Å². The zero-order valence-corrected chi connectivity index (χ0v) is 7.93. The van der Waals surface area contributed by atoms with Crippen LogP contribution in [0.15, 0.2) is 28.0 Å².